The number of anilines is 2. The van der Waals surface area contributed by atoms with Gasteiger partial charge in [-0.25, -0.2) is 8.42 Å². The predicted octanol–water partition coefficient (Wildman–Crippen LogP) is 2.69. The van der Waals surface area contributed by atoms with E-state index in [9.17, 15) is 13.2 Å². The summed E-state index contributed by atoms with van der Waals surface area (Å²) < 4.78 is 27.6. The predicted molar refractivity (Wildman–Crippen MR) is 105 cm³/mol. The highest BCUT2D eigenvalue weighted by atomic mass is 32.2. The summed E-state index contributed by atoms with van der Waals surface area (Å²) in [5, 5.41) is 6.11. The van der Waals surface area contributed by atoms with Crippen LogP contribution in [0.2, 0.25) is 0 Å². The van der Waals surface area contributed by atoms with Crippen molar-refractivity contribution in [3.8, 4) is 0 Å². The van der Waals surface area contributed by atoms with Gasteiger partial charge in [0.05, 0.1) is 10.8 Å². The first-order valence-electron chi connectivity index (χ1n) is 9.27. The van der Waals surface area contributed by atoms with Crippen LogP contribution in [-0.4, -0.2) is 38.3 Å². The molecule has 2 aliphatic rings. The summed E-state index contributed by atoms with van der Waals surface area (Å²) in [6.45, 7) is 1.50. The maximum atomic E-state index is 13.1. The first kappa shape index (κ1) is 18.0. The van der Waals surface area contributed by atoms with Gasteiger partial charge < -0.3 is 10.6 Å². The van der Waals surface area contributed by atoms with Crippen LogP contribution in [0.1, 0.15) is 18.4 Å². The minimum atomic E-state index is -3.61. The Morgan fingerprint density at radius 2 is 1.96 bits per heavy atom. The van der Waals surface area contributed by atoms with Crippen LogP contribution < -0.4 is 10.6 Å². The van der Waals surface area contributed by atoms with Gasteiger partial charge >= 0.3 is 0 Å². The van der Waals surface area contributed by atoms with Crippen LogP contribution in [0.5, 0.6) is 0 Å². The number of carbonyl (C=O) groups is 1. The van der Waals surface area contributed by atoms with Crippen LogP contribution >= 0.6 is 0 Å². The van der Waals surface area contributed by atoms with Crippen molar-refractivity contribution in [2.45, 2.75) is 24.2 Å². The second kappa shape index (κ2) is 7.32. The summed E-state index contributed by atoms with van der Waals surface area (Å²) in [6, 6.07) is 14.5. The number of sulfonamides is 1. The maximum absolute atomic E-state index is 13.1. The number of benzene rings is 2. The Morgan fingerprint density at radius 3 is 2.78 bits per heavy atom. The smallest absolute Gasteiger partial charge is 0.243 e. The van der Waals surface area contributed by atoms with E-state index in [-0.39, 0.29) is 18.4 Å². The molecule has 4 rings (SSSR count). The molecule has 0 aliphatic carbocycles. The standard InChI is InChI=1S/C20H23N3O3S/c24-20(22-17-6-2-1-3-7-17)16-5-4-12-23(14-16)27(25,26)18-9-8-15-10-11-21-19(15)13-18/h1-3,6-9,13,16,21H,4-5,10-12,14H2,(H,22,24). The van der Waals surface area contributed by atoms with Gasteiger partial charge in [-0.15, -0.1) is 0 Å². The number of rotatable bonds is 4. The molecule has 1 atom stereocenters. The monoisotopic (exact) mass is 385 g/mol. The molecule has 0 radical (unpaired) electrons. The van der Waals surface area contributed by atoms with Gasteiger partial charge in [-0.2, -0.15) is 4.31 Å². The molecule has 2 aliphatic heterocycles. The molecule has 1 saturated heterocycles. The first-order valence-corrected chi connectivity index (χ1v) is 10.7. The molecule has 6 nitrogen and oxygen atoms in total. The minimum Gasteiger partial charge on any atom is -0.384 e. The molecule has 1 amide bonds. The fraction of sp³-hybridized carbons (Fsp3) is 0.350. The molecular formula is C20H23N3O3S. The lowest BCUT2D eigenvalue weighted by atomic mass is 9.99. The highest BCUT2D eigenvalue weighted by Crippen LogP contribution is 2.29. The van der Waals surface area contributed by atoms with Crippen LogP contribution in [0.3, 0.4) is 0 Å². The summed E-state index contributed by atoms with van der Waals surface area (Å²) in [4.78, 5) is 12.9. The lowest BCUT2D eigenvalue weighted by Crippen LogP contribution is -2.43. The molecule has 1 unspecified atom stereocenters. The van der Waals surface area contributed by atoms with E-state index in [0.29, 0.717) is 24.3 Å². The van der Waals surface area contributed by atoms with E-state index in [4.69, 9.17) is 0 Å². The van der Waals surface area contributed by atoms with E-state index < -0.39 is 10.0 Å². The van der Waals surface area contributed by atoms with E-state index in [1.54, 1.807) is 12.1 Å². The second-order valence-corrected chi connectivity index (χ2v) is 8.99. The van der Waals surface area contributed by atoms with E-state index in [1.807, 2.05) is 36.4 Å². The third-order valence-corrected chi connectivity index (χ3v) is 7.09. The van der Waals surface area contributed by atoms with Gasteiger partial charge in [0.15, 0.2) is 0 Å². The zero-order valence-corrected chi connectivity index (χ0v) is 15.8. The third-order valence-electron chi connectivity index (χ3n) is 5.23. The van der Waals surface area contributed by atoms with Crippen LogP contribution in [0, 0.1) is 5.92 Å². The van der Waals surface area contributed by atoms with Crippen LogP contribution in [0.4, 0.5) is 11.4 Å². The Morgan fingerprint density at radius 1 is 1.15 bits per heavy atom. The highest BCUT2D eigenvalue weighted by Gasteiger charge is 2.33. The molecule has 0 spiro atoms. The Labute approximate surface area is 159 Å². The van der Waals surface area contributed by atoms with E-state index in [0.717, 1.165) is 29.9 Å². The summed E-state index contributed by atoms with van der Waals surface area (Å²) >= 11 is 0. The Kier molecular flexibility index (Phi) is 4.88. The SMILES string of the molecule is O=C(Nc1ccccc1)C1CCCN(S(=O)(=O)c2ccc3c(c2)NCC3)C1. The van der Waals surface area contributed by atoms with Gasteiger partial charge in [0, 0.05) is 31.0 Å². The van der Waals surface area contributed by atoms with E-state index in [1.165, 1.54) is 4.31 Å². The number of nitrogens with zero attached hydrogens (tertiary/aromatic N) is 1. The van der Waals surface area contributed by atoms with Crippen molar-refractivity contribution in [2.24, 2.45) is 5.92 Å². The molecule has 2 N–H and O–H groups in total. The van der Waals surface area contributed by atoms with Gasteiger partial charge in [-0.1, -0.05) is 24.3 Å². The van der Waals surface area contributed by atoms with Crippen molar-refractivity contribution < 1.29 is 13.2 Å². The summed E-state index contributed by atoms with van der Waals surface area (Å²) in [5.41, 5.74) is 2.77. The number of hydrogen-bond donors (Lipinski definition) is 2. The van der Waals surface area contributed by atoms with E-state index in [2.05, 4.69) is 10.6 Å². The average Bonchev–Trinajstić information content (AvgIpc) is 3.17. The van der Waals surface area contributed by atoms with E-state index >= 15 is 0 Å². The quantitative estimate of drug-likeness (QED) is 0.848. The molecule has 0 bridgehead atoms. The number of carbonyl (C=O) groups excluding carboxylic acids is 1. The van der Waals surface area contributed by atoms with Crippen molar-refractivity contribution in [3.63, 3.8) is 0 Å². The molecule has 2 aromatic carbocycles. The van der Waals surface area contributed by atoms with Crippen LogP contribution in [0.25, 0.3) is 0 Å². The Bertz CT molecular complexity index is 944. The molecule has 0 saturated carbocycles. The second-order valence-electron chi connectivity index (χ2n) is 7.05. The summed E-state index contributed by atoms with van der Waals surface area (Å²) in [5.74, 6) is -0.474. The third kappa shape index (κ3) is 3.70. The molecule has 7 heteroatoms. The number of amides is 1. The van der Waals surface area contributed by atoms with Crippen molar-refractivity contribution in [1.82, 2.24) is 4.31 Å². The summed E-state index contributed by atoms with van der Waals surface area (Å²) in [7, 11) is -3.61. The normalized spacial score (nSPS) is 19.9. The van der Waals surface area contributed by atoms with Crippen molar-refractivity contribution >= 4 is 27.3 Å². The lowest BCUT2D eigenvalue weighted by molar-refractivity contribution is -0.120. The molecular weight excluding hydrogens is 362 g/mol. The average molecular weight is 385 g/mol. The number of hydrogen-bond acceptors (Lipinski definition) is 4. The largest absolute Gasteiger partial charge is 0.384 e. The van der Waals surface area contributed by atoms with Crippen LogP contribution in [-0.2, 0) is 21.2 Å². The fourth-order valence-corrected chi connectivity index (χ4v) is 5.27. The Balaban J connectivity index is 1.49. The molecule has 142 valence electrons. The number of piperidine rings is 1. The molecule has 2 aromatic rings. The van der Waals surface area contributed by atoms with Gasteiger partial charge in [-0.05, 0) is 49.1 Å². The summed E-state index contributed by atoms with van der Waals surface area (Å²) in [6.07, 6.45) is 2.28. The zero-order valence-electron chi connectivity index (χ0n) is 15.0. The zero-order chi connectivity index (χ0) is 18.9. The molecule has 0 aromatic heterocycles. The Hall–Kier alpha value is -2.38. The van der Waals surface area contributed by atoms with Crippen molar-refractivity contribution in [2.75, 3.05) is 30.3 Å². The van der Waals surface area contributed by atoms with Crippen molar-refractivity contribution in [3.05, 3.63) is 54.1 Å². The minimum absolute atomic E-state index is 0.128. The number of nitrogens with one attached hydrogen (secondary N) is 2. The van der Waals surface area contributed by atoms with Gasteiger partial charge in [0.25, 0.3) is 0 Å². The first-order chi connectivity index (χ1) is 13.0. The maximum Gasteiger partial charge on any atom is 0.243 e. The fourth-order valence-electron chi connectivity index (χ4n) is 3.72. The van der Waals surface area contributed by atoms with Gasteiger partial charge in [0.1, 0.15) is 0 Å². The lowest BCUT2D eigenvalue weighted by Gasteiger charge is -2.31. The van der Waals surface area contributed by atoms with Crippen LogP contribution in [0.15, 0.2) is 53.4 Å². The van der Waals surface area contributed by atoms with Gasteiger partial charge in [-0.3, -0.25) is 4.79 Å². The molecule has 1 fully saturated rings. The van der Waals surface area contributed by atoms with Gasteiger partial charge in [0.2, 0.25) is 15.9 Å². The molecule has 27 heavy (non-hydrogen) atoms. The number of para-hydroxylation sites is 1. The topological polar surface area (TPSA) is 78.5 Å². The number of fused-ring (bicyclic) bond motifs is 1. The highest BCUT2D eigenvalue weighted by molar-refractivity contribution is 7.89. The van der Waals surface area contributed by atoms with Crippen molar-refractivity contribution in [1.29, 1.82) is 0 Å². The molecule has 2 heterocycles.